The van der Waals surface area contributed by atoms with Crippen molar-refractivity contribution in [2.75, 3.05) is 0 Å². The van der Waals surface area contributed by atoms with Crippen LogP contribution in [0.3, 0.4) is 0 Å². The molecule has 0 aliphatic heterocycles. The van der Waals surface area contributed by atoms with E-state index in [1.54, 1.807) is 0 Å². The summed E-state index contributed by atoms with van der Waals surface area (Å²) < 4.78 is 0. The van der Waals surface area contributed by atoms with Crippen LogP contribution in [-0.4, -0.2) is 9.52 Å². The van der Waals surface area contributed by atoms with E-state index < -0.39 is 0 Å². The molecule has 0 aromatic heterocycles. The maximum atomic E-state index is 2.35. The predicted octanol–water partition coefficient (Wildman–Crippen LogP) is 20.0. The molecule has 2 radical (unpaired) electrons. The van der Waals surface area contributed by atoms with Gasteiger partial charge >= 0.3 is 0 Å². The van der Waals surface area contributed by atoms with Crippen molar-refractivity contribution >= 4 is 41.8 Å². The van der Waals surface area contributed by atoms with Crippen molar-refractivity contribution < 1.29 is 25.8 Å². The zero-order valence-corrected chi connectivity index (χ0v) is 49.3. The van der Waals surface area contributed by atoms with E-state index in [2.05, 4.69) is 267 Å². The van der Waals surface area contributed by atoms with Gasteiger partial charge in [-0.3, -0.25) is 0 Å². The summed E-state index contributed by atoms with van der Waals surface area (Å²) >= 11 is 0. The van der Waals surface area contributed by atoms with E-state index in [0.29, 0.717) is 5.92 Å². The average Bonchev–Trinajstić information content (AvgIpc) is 3.99. The topological polar surface area (TPSA) is 0 Å². The first kappa shape index (κ1) is 57.6. The Kier molecular flexibility index (Phi) is 20.5. The van der Waals surface area contributed by atoms with E-state index in [4.69, 9.17) is 0 Å². The molecule has 0 aliphatic carbocycles. The monoisotopic (exact) mass is 1080 g/mol. The molecule has 2 heteroatoms. The van der Waals surface area contributed by atoms with E-state index in [0.717, 1.165) is 9.52 Å². The van der Waals surface area contributed by atoms with Gasteiger partial charge < -0.3 is 14.9 Å². The van der Waals surface area contributed by atoms with Crippen LogP contribution in [-0.2, 0) is 42.1 Å². The fourth-order valence-corrected chi connectivity index (χ4v) is 8.57. The van der Waals surface area contributed by atoms with Crippen LogP contribution in [0.25, 0.3) is 65.7 Å². The van der Waals surface area contributed by atoms with Crippen LogP contribution in [0.15, 0.2) is 164 Å². The second kappa shape index (κ2) is 24.2. The minimum Gasteiger partial charge on any atom is -0.358 e. The minimum absolute atomic E-state index is 0. The standard InChI is InChI=1S/C22H25.2C20H21.C2H6Si.2CH3.Hf/c1-15(2)18-13-17-7-6-8-20(21(17)14-18)16-9-11-19(12-10-16)22(3,4)5;2*1-14-12-16-6-5-7-18(19(16)13-14)15-8-10-17(11-9-15)20(2,3)4;1-3-2;;;/h6-15H,1-5H3;2*5-13H,1-4H3;1-2H3;2*1H3;/q3*-1;;2*-1;. The minimum atomic E-state index is 0. The van der Waals surface area contributed by atoms with Crippen LogP contribution in [0.4, 0.5) is 0 Å². The molecule has 68 heavy (non-hydrogen) atoms. The third-order valence-electron chi connectivity index (χ3n) is 12.4. The Morgan fingerprint density at radius 2 is 0.662 bits per heavy atom. The third-order valence-corrected chi connectivity index (χ3v) is 12.4. The Bertz CT molecular complexity index is 2790. The summed E-state index contributed by atoms with van der Waals surface area (Å²) in [4.78, 5) is 0. The SMILES string of the molecule is CC(C)c1cc2c(-c3ccc(C(C)(C)C)cc3)cccc2[cH-]1.C[Si]C.Cc1cc2c(-c3ccc(C(C)(C)C)cc3)cccc2[cH-]1.Cc1cc2c(-c3ccc(C(C)(C)C)cc3)cccc2[cH-]1.[CH3-].[CH3-].[Hf]. The molecular weight excluding hydrogens is 999 g/mol. The van der Waals surface area contributed by atoms with Gasteiger partial charge in [0.05, 0.1) is 0 Å². The molecule has 0 amide bonds. The van der Waals surface area contributed by atoms with Crippen molar-refractivity contribution in [3.63, 3.8) is 0 Å². The largest absolute Gasteiger partial charge is 0.358 e. The van der Waals surface area contributed by atoms with Gasteiger partial charge in [0.15, 0.2) is 0 Å². The molecule has 0 aliphatic rings. The second-order valence-electron chi connectivity index (χ2n) is 21.4. The summed E-state index contributed by atoms with van der Waals surface area (Å²) in [5.74, 6) is 0.573. The van der Waals surface area contributed by atoms with Crippen LogP contribution >= 0.6 is 0 Å². The fraction of sp³-hybridized carbons (Fsp3) is 0.288. The summed E-state index contributed by atoms with van der Waals surface area (Å²) in [6.45, 7) is 33.4. The Balaban J connectivity index is 0.000000257. The van der Waals surface area contributed by atoms with Gasteiger partial charge in [-0.15, -0.1) is 104 Å². The summed E-state index contributed by atoms with van der Waals surface area (Å²) in [6, 6.07) is 60.5. The number of benzene rings is 6. The molecule has 0 bridgehead atoms. The number of fused-ring (bicyclic) bond motifs is 3. The van der Waals surface area contributed by atoms with Gasteiger partial charge in [-0.25, -0.2) is 0 Å². The molecule has 0 saturated heterocycles. The summed E-state index contributed by atoms with van der Waals surface area (Å²) in [5, 5.41) is 8.10. The molecule has 0 atom stereocenters. The second-order valence-corrected chi connectivity index (χ2v) is 22.4. The Hall–Kier alpha value is -4.76. The first-order chi connectivity index (χ1) is 30.7. The zero-order chi connectivity index (χ0) is 47.3. The van der Waals surface area contributed by atoms with Crippen LogP contribution < -0.4 is 0 Å². The van der Waals surface area contributed by atoms with Crippen molar-refractivity contribution in [1.82, 2.24) is 0 Å². The molecule has 0 spiro atoms. The molecule has 0 nitrogen and oxygen atoms in total. The van der Waals surface area contributed by atoms with Gasteiger partial charge in [0.1, 0.15) is 0 Å². The van der Waals surface area contributed by atoms with E-state index in [9.17, 15) is 0 Å². The van der Waals surface area contributed by atoms with Crippen molar-refractivity contribution in [2.24, 2.45) is 0 Å². The van der Waals surface area contributed by atoms with Crippen molar-refractivity contribution in [3.8, 4) is 33.4 Å². The van der Waals surface area contributed by atoms with Gasteiger partial charge in [-0.1, -0.05) is 211 Å². The summed E-state index contributed by atoms with van der Waals surface area (Å²) in [5.41, 5.74) is 16.8. The molecule has 0 unspecified atom stereocenters. The molecule has 9 rings (SSSR count). The number of hydrogen-bond acceptors (Lipinski definition) is 0. The van der Waals surface area contributed by atoms with E-state index in [1.165, 1.54) is 99.1 Å². The van der Waals surface area contributed by atoms with Crippen LogP contribution in [0.1, 0.15) is 115 Å². The third kappa shape index (κ3) is 14.2. The molecule has 9 aromatic carbocycles. The molecular formula is C66H79HfSi-5. The molecule has 9 aromatic rings. The van der Waals surface area contributed by atoms with Gasteiger partial charge in [0.25, 0.3) is 0 Å². The molecule has 0 N–H and O–H groups in total. The van der Waals surface area contributed by atoms with Crippen molar-refractivity contribution in [2.45, 2.75) is 125 Å². The number of rotatable bonds is 4. The van der Waals surface area contributed by atoms with Crippen LogP contribution in [0.5, 0.6) is 0 Å². The van der Waals surface area contributed by atoms with E-state index in [-0.39, 0.29) is 56.9 Å². The fourth-order valence-electron chi connectivity index (χ4n) is 8.57. The molecule has 0 saturated carbocycles. The maximum absolute atomic E-state index is 2.35. The van der Waals surface area contributed by atoms with Gasteiger partial charge in [0, 0.05) is 35.4 Å². The number of hydrogen-bond donors (Lipinski definition) is 0. The van der Waals surface area contributed by atoms with Gasteiger partial charge in [-0.2, -0.15) is 18.2 Å². The zero-order valence-electron chi connectivity index (χ0n) is 44.7. The smallest absolute Gasteiger partial charge is 0.0307 e. The molecule has 0 fully saturated rings. The maximum Gasteiger partial charge on any atom is 0.0307 e. The van der Waals surface area contributed by atoms with Crippen molar-refractivity contribution in [3.05, 3.63) is 212 Å². The van der Waals surface area contributed by atoms with Gasteiger partial charge in [0.2, 0.25) is 0 Å². The normalized spacial score (nSPS) is 11.3. The predicted molar refractivity (Wildman–Crippen MR) is 305 cm³/mol. The number of aryl methyl sites for hydroxylation is 2. The van der Waals surface area contributed by atoms with E-state index in [1.807, 2.05) is 0 Å². The molecule has 0 heterocycles. The first-order valence-corrected chi connectivity index (χ1v) is 25.6. The van der Waals surface area contributed by atoms with Crippen molar-refractivity contribution in [1.29, 1.82) is 0 Å². The Morgan fingerprint density at radius 1 is 0.397 bits per heavy atom. The Labute approximate surface area is 435 Å². The van der Waals surface area contributed by atoms with Gasteiger partial charge in [-0.05, 0) is 55.5 Å². The first-order valence-electron chi connectivity index (χ1n) is 23.6. The van der Waals surface area contributed by atoms with Crippen LogP contribution in [0, 0.1) is 28.7 Å². The quantitative estimate of drug-likeness (QED) is 0.122. The van der Waals surface area contributed by atoms with Crippen LogP contribution in [0.2, 0.25) is 13.1 Å². The summed E-state index contributed by atoms with van der Waals surface area (Å²) in [7, 11) is 1.08. The average molecular weight is 1080 g/mol. The molecule has 356 valence electrons. The summed E-state index contributed by atoms with van der Waals surface area (Å²) in [6.07, 6.45) is 0. The Morgan fingerprint density at radius 3 is 0.926 bits per heavy atom. The van der Waals surface area contributed by atoms with E-state index >= 15 is 0 Å².